The van der Waals surface area contributed by atoms with Crippen molar-refractivity contribution < 1.29 is 27.5 Å². The molecule has 154 valence electrons. The Balaban J connectivity index is 1.73. The van der Waals surface area contributed by atoms with Gasteiger partial charge in [-0.1, -0.05) is 0 Å². The molecule has 0 bridgehead atoms. The van der Waals surface area contributed by atoms with E-state index in [1.54, 1.807) is 0 Å². The molecule has 2 heterocycles. The number of likely N-dealkylation sites (tertiary alicyclic amines) is 1. The lowest BCUT2D eigenvalue weighted by molar-refractivity contribution is -0.137. The van der Waals surface area contributed by atoms with Crippen LogP contribution in [-0.2, 0) is 15.7 Å². The lowest BCUT2D eigenvalue weighted by Crippen LogP contribution is -2.56. The molecular formula is C18H23F3N4O3. The van der Waals surface area contributed by atoms with Crippen molar-refractivity contribution in [2.24, 2.45) is 5.92 Å². The van der Waals surface area contributed by atoms with Crippen LogP contribution in [0, 0.1) is 5.92 Å². The molecule has 3 amide bonds. The Kier molecular flexibility index (Phi) is 5.97. The molecule has 3 rings (SSSR count). The molecule has 7 nitrogen and oxygen atoms in total. The third kappa shape index (κ3) is 4.49. The molecule has 2 saturated heterocycles. The zero-order chi connectivity index (χ0) is 20.3. The average molecular weight is 400 g/mol. The summed E-state index contributed by atoms with van der Waals surface area (Å²) < 4.78 is 44.7. The van der Waals surface area contributed by atoms with Crippen LogP contribution in [0.2, 0.25) is 0 Å². The fourth-order valence-corrected chi connectivity index (χ4v) is 3.22. The van der Waals surface area contributed by atoms with Gasteiger partial charge in [-0.3, -0.25) is 4.79 Å². The topological polar surface area (TPSA) is 73.9 Å². The van der Waals surface area contributed by atoms with Crippen LogP contribution in [0.1, 0.15) is 12.5 Å². The van der Waals surface area contributed by atoms with Crippen molar-refractivity contribution in [3.8, 4) is 0 Å². The fraction of sp³-hybridized carbons (Fsp3) is 0.556. The number of ether oxygens (including phenoxy) is 1. The van der Waals surface area contributed by atoms with Crippen LogP contribution in [0.3, 0.4) is 0 Å². The number of rotatable bonds is 4. The maximum atomic E-state index is 13.1. The van der Waals surface area contributed by atoms with E-state index < -0.39 is 17.8 Å². The number of carbonyl (C=O) groups excluding carboxylic acids is 2. The molecule has 0 atom stereocenters. The highest BCUT2D eigenvalue weighted by molar-refractivity contribution is 5.95. The van der Waals surface area contributed by atoms with E-state index >= 15 is 0 Å². The van der Waals surface area contributed by atoms with E-state index in [0.29, 0.717) is 38.5 Å². The Morgan fingerprint density at radius 3 is 2.50 bits per heavy atom. The van der Waals surface area contributed by atoms with Crippen molar-refractivity contribution in [1.29, 1.82) is 0 Å². The minimum atomic E-state index is -4.51. The van der Waals surface area contributed by atoms with Gasteiger partial charge in [0, 0.05) is 32.7 Å². The highest BCUT2D eigenvalue weighted by Crippen LogP contribution is 2.36. The Morgan fingerprint density at radius 2 is 1.89 bits per heavy atom. The molecule has 28 heavy (non-hydrogen) atoms. The second kappa shape index (κ2) is 8.26. The zero-order valence-corrected chi connectivity index (χ0v) is 15.5. The minimum absolute atomic E-state index is 0.100. The lowest BCUT2D eigenvalue weighted by Gasteiger charge is -2.38. The summed E-state index contributed by atoms with van der Waals surface area (Å²) in [6.07, 6.45) is -4.51. The molecule has 0 aliphatic carbocycles. The molecule has 0 saturated carbocycles. The SMILES string of the molecule is CCNC(=O)C1CN(C(=O)Nc2cc(C(F)(F)F)ccc2N2CCOCC2)C1. The quantitative estimate of drug-likeness (QED) is 0.812. The van der Waals surface area contributed by atoms with E-state index in [1.165, 1.54) is 11.0 Å². The molecule has 0 unspecified atom stereocenters. The van der Waals surface area contributed by atoms with Gasteiger partial charge in [0.1, 0.15) is 0 Å². The van der Waals surface area contributed by atoms with Crippen molar-refractivity contribution in [3.05, 3.63) is 23.8 Å². The highest BCUT2D eigenvalue weighted by Gasteiger charge is 2.36. The number of carbonyl (C=O) groups is 2. The van der Waals surface area contributed by atoms with Crippen molar-refractivity contribution >= 4 is 23.3 Å². The number of alkyl halides is 3. The zero-order valence-electron chi connectivity index (χ0n) is 15.5. The number of halogens is 3. The lowest BCUT2D eigenvalue weighted by atomic mass is 10.00. The van der Waals surface area contributed by atoms with Gasteiger partial charge in [0.25, 0.3) is 0 Å². The molecule has 1 aromatic carbocycles. The predicted molar refractivity (Wildman–Crippen MR) is 97.2 cm³/mol. The second-order valence-electron chi connectivity index (χ2n) is 6.76. The largest absolute Gasteiger partial charge is 0.416 e. The van der Waals surface area contributed by atoms with Crippen LogP contribution in [0.5, 0.6) is 0 Å². The van der Waals surface area contributed by atoms with Gasteiger partial charge in [0.05, 0.1) is 36.1 Å². The van der Waals surface area contributed by atoms with Crippen molar-refractivity contribution in [1.82, 2.24) is 10.2 Å². The van der Waals surface area contributed by atoms with Gasteiger partial charge in [-0.25, -0.2) is 4.79 Å². The van der Waals surface area contributed by atoms with E-state index in [4.69, 9.17) is 4.74 Å². The van der Waals surface area contributed by atoms with E-state index in [9.17, 15) is 22.8 Å². The number of anilines is 2. The van der Waals surface area contributed by atoms with Crippen LogP contribution in [0.15, 0.2) is 18.2 Å². The normalized spacial score (nSPS) is 17.9. The first-order valence-electron chi connectivity index (χ1n) is 9.17. The Labute approximate surface area is 160 Å². The van der Waals surface area contributed by atoms with Gasteiger partial charge in [-0.05, 0) is 25.1 Å². The average Bonchev–Trinajstić information content (AvgIpc) is 2.60. The monoisotopic (exact) mass is 400 g/mol. The number of amides is 3. The van der Waals surface area contributed by atoms with E-state index in [0.717, 1.165) is 12.1 Å². The van der Waals surface area contributed by atoms with Crippen molar-refractivity contribution in [3.63, 3.8) is 0 Å². The number of hydrogen-bond acceptors (Lipinski definition) is 4. The summed E-state index contributed by atoms with van der Waals surface area (Å²) in [7, 11) is 0. The van der Waals surface area contributed by atoms with Crippen LogP contribution >= 0.6 is 0 Å². The number of hydrogen-bond donors (Lipinski definition) is 2. The first-order chi connectivity index (χ1) is 13.3. The number of urea groups is 1. The van der Waals surface area contributed by atoms with E-state index in [2.05, 4.69) is 10.6 Å². The Morgan fingerprint density at radius 1 is 1.21 bits per heavy atom. The van der Waals surface area contributed by atoms with Crippen LogP contribution in [-0.4, -0.2) is 62.8 Å². The summed E-state index contributed by atoms with van der Waals surface area (Å²) >= 11 is 0. The Hall–Kier alpha value is -2.49. The van der Waals surface area contributed by atoms with Gasteiger partial charge in [-0.2, -0.15) is 13.2 Å². The molecule has 0 spiro atoms. The van der Waals surface area contributed by atoms with Crippen LogP contribution in [0.25, 0.3) is 0 Å². The summed E-state index contributed by atoms with van der Waals surface area (Å²) in [5.74, 6) is -0.412. The summed E-state index contributed by atoms with van der Waals surface area (Å²) in [6, 6.07) is 2.81. The van der Waals surface area contributed by atoms with Crippen LogP contribution < -0.4 is 15.5 Å². The summed E-state index contributed by atoms with van der Waals surface area (Å²) in [5.41, 5.74) is -0.211. The summed E-state index contributed by atoms with van der Waals surface area (Å²) in [6.45, 7) is 4.78. The van der Waals surface area contributed by atoms with Crippen LogP contribution in [0.4, 0.5) is 29.3 Å². The maximum absolute atomic E-state index is 13.1. The molecule has 1 aromatic rings. The van der Waals surface area contributed by atoms with Gasteiger partial charge in [0.2, 0.25) is 5.91 Å². The summed E-state index contributed by atoms with van der Waals surface area (Å²) in [4.78, 5) is 27.5. The number of nitrogens with one attached hydrogen (secondary N) is 2. The number of morpholine rings is 1. The third-order valence-corrected chi connectivity index (χ3v) is 4.81. The smallest absolute Gasteiger partial charge is 0.378 e. The van der Waals surface area contributed by atoms with E-state index in [-0.39, 0.29) is 30.6 Å². The standard InChI is InChI=1S/C18H23F3N4O3/c1-2-22-16(26)12-10-25(11-12)17(27)23-14-9-13(18(19,20)21)3-4-15(14)24-5-7-28-8-6-24/h3-4,9,12H,2,5-8,10-11H2,1H3,(H,22,26)(H,23,27). The molecule has 10 heteroatoms. The molecular weight excluding hydrogens is 377 g/mol. The highest BCUT2D eigenvalue weighted by atomic mass is 19.4. The van der Waals surface area contributed by atoms with E-state index in [1.807, 2.05) is 11.8 Å². The minimum Gasteiger partial charge on any atom is -0.378 e. The van der Waals surface area contributed by atoms with Gasteiger partial charge in [0.15, 0.2) is 0 Å². The van der Waals surface area contributed by atoms with Gasteiger partial charge in [-0.15, -0.1) is 0 Å². The summed E-state index contributed by atoms with van der Waals surface area (Å²) in [5, 5.41) is 5.28. The Bertz CT molecular complexity index is 729. The van der Waals surface area contributed by atoms with Crippen molar-refractivity contribution in [2.75, 3.05) is 56.2 Å². The molecule has 0 aromatic heterocycles. The molecule has 2 N–H and O–H groups in total. The molecule has 2 fully saturated rings. The third-order valence-electron chi connectivity index (χ3n) is 4.81. The second-order valence-corrected chi connectivity index (χ2v) is 6.76. The van der Waals surface area contributed by atoms with Crippen molar-refractivity contribution in [2.45, 2.75) is 13.1 Å². The first-order valence-corrected chi connectivity index (χ1v) is 9.17. The fourth-order valence-electron chi connectivity index (χ4n) is 3.22. The number of benzene rings is 1. The maximum Gasteiger partial charge on any atom is 0.416 e. The number of nitrogens with zero attached hydrogens (tertiary/aromatic N) is 2. The first kappa shape index (κ1) is 20.2. The van der Waals surface area contributed by atoms with Gasteiger partial charge >= 0.3 is 12.2 Å². The predicted octanol–water partition coefficient (Wildman–Crippen LogP) is 2.14. The molecule has 2 aliphatic rings. The molecule has 0 radical (unpaired) electrons. The molecule has 2 aliphatic heterocycles. The van der Waals surface area contributed by atoms with Gasteiger partial charge < -0.3 is 25.2 Å².